The summed E-state index contributed by atoms with van der Waals surface area (Å²) in [7, 11) is 0. The van der Waals surface area contributed by atoms with Crippen LogP contribution in [-0.2, 0) is 6.42 Å². The molecule has 2 heterocycles. The van der Waals surface area contributed by atoms with Gasteiger partial charge in [-0.1, -0.05) is 29.8 Å². The molecule has 30 heavy (non-hydrogen) atoms. The number of nitrogens with zero attached hydrogens (tertiary/aromatic N) is 3. The molecule has 0 aliphatic rings. The van der Waals surface area contributed by atoms with Crippen molar-refractivity contribution in [2.45, 2.75) is 20.3 Å². The molecule has 2 aromatic heterocycles. The van der Waals surface area contributed by atoms with Crippen LogP contribution in [0.15, 0.2) is 54.6 Å². The maximum Gasteiger partial charge on any atom is 0.252 e. The van der Waals surface area contributed by atoms with Crippen molar-refractivity contribution in [2.75, 3.05) is 6.54 Å². The van der Waals surface area contributed by atoms with Crippen LogP contribution in [0.3, 0.4) is 0 Å². The number of amides is 1. The highest BCUT2D eigenvalue weighted by molar-refractivity contribution is 6.30. The molecule has 0 saturated heterocycles. The van der Waals surface area contributed by atoms with Crippen LogP contribution < -0.4 is 5.32 Å². The molecule has 0 bridgehead atoms. The average Bonchev–Trinajstić information content (AvgIpc) is 3.05. The van der Waals surface area contributed by atoms with E-state index >= 15 is 0 Å². The minimum absolute atomic E-state index is 0.193. The fraction of sp³-hybridized carbons (Fsp3) is 0.174. The molecule has 1 amide bonds. The van der Waals surface area contributed by atoms with Crippen LogP contribution in [-0.4, -0.2) is 27.2 Å². The lowest BCUT2D eigenvalue weighted by molar-refractivity contribution is 0.0955. The van der Waals surface area contributed by atoms with E-state index in [0.29, 0.717) is 51.7 Å². The van der Waals surface area contributed by atoms with Gasteiger partial charge in [0.05, 0.1) is 22.3 Å². The summed E-state index contributed by atoms with van der Waals surface area (Å²) in [5.41, 5.74) is 4.02. The van der Waals surface area contributed by atoms with E-state index in [-0.39, 0.29) is 11.7 Å². The molecule has 4 aromatic rings. The molecule has 0 aliphatic carbocycles. The van der Waals surface area contributed by atoms with E-state index in [1.54, 1.807) is 22.9 Å². The van der Waals surface area contributed by atoms with E-state index in [1.165, 1.54) is 12.1 Å². The normalized spacial score (nSPS) is 11.1. The van der Waals surface area contributed by atoms with Crippen molar-refractivity contribution in [3.05, 3.63) is 88.0 Å². The third kappa shape index (κ3) is 4.04. The van der Waals surface area contributed by atoms with Crippen LogP contribution in [0.25, 0.3) is 16.7 Å². The Labute approximate surface area is 178 Å². The fourth-order valence-electron chi connectivity index (χ4n) is 3.45. The largest absolute Gasteiger partial charge is 0.352 e. The fourth-order valence-corrected chi connectivity index (χ4v) is 3.57. The number of rotatable bonds is 5. The third-order valence-electron chi connectivity index (χ3n) is 4.85. The first-order valence-electron chi connectivity index (χ1n) is 9.58. The predicted molar refractivity (Wildman–Crippen MR) is 116 cm³/mol. The minimum atomic E-state index is -0.360. The summed E-state index contributed by atoms with van der Waals surface area (Å²) in [4.78, 5) is 17.5. The van der Waals surface area contributed by atoms with Crippen LogP contribution in [0.5, 0.6) is 0 Å². The van der Waals surface area contributed by atoms with Crippen LogP contribution >= 0.6 is 11.6 Å². The second kappa shape index (κ2) is 8.24. The Bertz CT molecular complexity index is 1230. The van der Waals surface area contributed by atoms with Gasteiger partial charge in [0, 0.05) is 17.3 Å². The summed E-state index contributed by atoms with van der Waals surface area (Å²) < 4.78 is 15.3. The van der Waals surface area contributed by atoms with Crippen molar-refractivity contribution >= 4 is 28.5 Å². The second-order valence-electron chi connectivity index (χ2n) is 7.12. The Morgan fingerprint density at radius 1 is 1.13 bits per heavy atom. The third-order valence-corrected chi connectivity index (χ3v) is 5.10. The van der Waals surface area contributed by atoms with Crippen LogP contribution in [0.4, 0.5) is 4.39 Å². The molecule has 5 nitrogen and oxygen atoms in total. The van der Waals surface area contributed by atoms with Gasteiger partial charge < -0.3 is 5.32 Å². The van der Waals surface area contributed by atoms with E-state index in [1.807, 2.05) is 38.1 Å². The molecule has 0 saturated carbocycles. The lowest BCUT2D eigenvalue weighted by Gasteiger charge is -2.09. The van der Waals surface area contributed by atoms with Crippen molar-refractivity contribution in [1.82, 2.24) is 20.1 Å². The number of nitrogens with one attached hydrogen (secondary N) is 1. The number of halogens is 2. The molecule has 0 aliphatic heterocycles. The quantitative estimate of drug-likeness (QED) is 0.502. The summed E-state index contributed by atoms with van der Waals surface area (Å²) in [6, 6.07) is 15.4. The smallest absolute Gasteiger partial charge is 0.252 e. The molecule has 152 valence electrons. The Morgan fingerprint density at radius 2 is 1.90 bits per heavy atom. The molecule has 0 unspecified atom stereocenters. The van der Waals surface area contributed by atoms with Crippen LogP contribution in [0.1, 0.15) is 27.3 Å². The van der Waals surface area contributed by atoms with Gasteiger partial charge in [-0.2, -0.15) is 5.10 Å². The Hall–Kier alpha value is -3.25. The van der Waals surface area contributed by atoms with Crippen LogP contribution in [0.2, 0.25) is 5.02 Å². The zero-order chi connectivity index (χ0) is 21.3. The minimum Gasteiger partial charge on any atom is -0.352 e. The Balaban J connectivity index is 1.63. The molecular weight excluding hydrogens is 403 g/mol. The topological polar surface area (TPSA) is 59.8 Å². The van der Waals surface area contributed by atoms with Gasteiger partial charge in [-0.3, -0.25) is 4.79 Å². The molecule has 2 aromatic carbocycles. The standard InChI is InChI=1S/C23H20ClFN4O/c1-14-12-20(23(30)26-11-10-16-6-8-17(24)9-7-16)21-15(2)28-29(22(21)27-14)19-5-3-4-18(25)13-19/h3-9,12-13H,10-11H2,1-2H3,(H,26,30). The van der Waals surface area contributed by atoms with Crippen molar-refractivity contribution < 1.29 is 9.18 Å². The molecular formula is C23H20ClFN4O. The van der Waals surface area contributed by atoms with Gasteiger partial charge in [-0.15, -0.1) is 0 Å². The molecule has 0 spiro atoms. The SMILES string of the molecule is Cc1cc(C(=O)NCCc2ccc(Cl)cc2)c2c(C)nn(-c3cccc(F)c3)c2n1. The van der Waals surface area contributed by atoms with Gasteiger partial charge in [0.2, 0.25) is 0 Å². The lowest BCUT2D eigenvalue weighted by Crippen LogP contribution is -2.26. The van der Waals surface area contributed by atoms with Crippen molar-refractivity contribution in [1.29, 1.82) is 0 Å². The maximum atomic E-state index is 13.7. The number of carbonyl (C=O) groups is 1. The highest BCUT2D eigenvalue weighted by Crippen LogP contribution is 2.25. The van der Waals surface area contributed by atoms with Crippen molar-refractivity contribution in [2.24, 2.45) is 0 Å². The molecule has 0 fully saturated rings. The molecule has 0 atom stereocenters. The number of hydrogen-bond acceptors (Lipinski definition) is 3. The number of fused-ring (bicyclic) bond motifs is 1. The van der Waals surface area contributed by atoms with E-state index in [2.05, 4.69) is 15.4 Å². The summed E-state index contributed by atoms with van der Waals surface area (Å²) >= 11 is 5.91. The number of carbonyl (C=O) groups excluding carboxylic acids is 1. The first-order chi connectivity index (χ1) is 14.4. The highest BCUT2D eigenvalue weighted by Gasteiger charge is 2.19. The first-order valence-corrected chi connectivity index (χ1v) is 9.96. The van der Waals surface area contributed by atoms with Gasteiger partial charge >= 0.3 is 0 Å². The van der Waals surface area contributed by atoms with E-state index in [0.717, 1.165) is 5.56 Å². The molecule has 0 radical (unpaired) electrons. The van der Waals surface area contributed by atoms with Crippen molar-refractivity contribution in [3.8, 4) is 5.69 Å². The van der Waals surface area contributed by atoms with Gasteiger partial charge in [-0.25, -0.2) is 14.1 Å². The summed E-state index contributed by atoms with van der Waals surface area (Å²) in [6.45, 7) is 4.13. The first kappa shape index (κ1) is 20.0. The number of benzene rings is 2. The Morgan fingerprint density at radius 3 is 2.63 bits per heavy atom. The average molecular weight is 423 g/mol. The number of pyridine rings is 1. The van der Waals surface area contributed by atoms with Gasteiger partial charge in [-0.05, 0) is 62.2 Å². The monoisotopic (exact) mass is 422 g/mol. The van der Waals surface area contributed by atoms with E-state index < -0.39 is 0 Å². The number of hydrogen-bond donors (Lipinski definition) is 1. The predicted octanol–water partition coefficient (Wildman–Crippen LogP) is 4.80. The molecule has 4 rings (SSSR count). The maximum absolute atomic E-state index is 13.7. The lowest BCUT2D eigenvalue weighted by atomic mass is 10.1. The number of aromatic nitrogens is 3. The van der Waals surface area contributed by atoms with Gasteiger partial charge in [0.1, 0.15) is 5.82 Å². The highest BCUT2D eigenvalue weighted by atomic mass is 35.5. The van der Waals surface area contributed by atoms with Gasteiger partial charge in [0.15, 0.2) is 5.65 Å². The second-order valence-corrected chi connectivity index (χ2v) is 7.56. The summed E-state index contributed by atoms with van der Waals surface area (Å²) in [5, 5.41) is 8.83. The molecule has 1 N–H and O–H groups in total. The summed E-state index contributed by atoms with van der Waals surface area (Å²) in [6.07, 6.45) is 0.692. The van der Waals surface area contributed by atoms with Crippen LogP contribution in [0, 0.1) is 19.7 Å². The van der Waals surface area contributed by atoms with Crippen molar-refractivity contribution in [3.63, 3.8) is 0 Å². The Kier molecular flexibility index (Phi) is 5.50. The zero-order valence-electron chi connectivity index (χ0n) is 16.6. The molecule has 7 heteroatoms. The zero-order valence-corrected chi connectivity index (χ0v) is 17.4. The summed E-state index contributed by atoms with van der Waals surface area (Å²) in [5.74, 6) is -0.553. The van der Waals surface area contributed by atoms with E-state index in [4.69, 9.17) is 11.6 Å². The number of aryl methyl sites for hydroxylation is 2. The van der Waals surface area contributed by atoms with Gasteiger partial charge in [0.25, 0.3) is 5.91 Å². The van der Waals surface area contributed by atoms with E-state index in [9.17, 15) is 9.18 Å².